The molecule has 0 saturated carbocycles. The average Bonchev–Trinajstić information content (AvgIpc) is 2.83. The quantitative estimate of drug-likeness (QED) is 0.531. The van der Waals surface area contributed by atoms with Gasteiger partial charge in [-0.05, 0) is 18.9 Å². The molecule has 0 aliphatic carbocycles. The van der Waals surface area contributed by atoms with Crippen LogP contribution in [0.15, 0.2) is 6.07 Å². The van der Waals surface area contributed by atoms with Gasteiger partial charge >= 0.3 is 11.7 Å². The van der Waals surface area contributed by atoms with Gasteiger partial charge in [-0.2, -0.15) is 0 Å². The van der Waals surface area contributed by atoms with Gasteiger partial charge in [0.15, 0.2) is 0 Å². The van der Waals surface area contributed by atoms with Crippen LogP contribution in [0.5, 0.6) is 5.75 Å². The summed E-state index contributed by atoms with van der Waals surface area (Å²) in [5, 5.41) is 11.8. The van der Waals surface area contributed by atoms with Crippen LogP contribution in [0, 0.1) is 17.0 Å². The van der Waals surface area contributed by atoms with Crippen LogP contribution in [-0.4, -0.2) is 30.1 Å². The summed E-state index contributed by atoms with van der Waals surface area (Å²) in [6.07, 6.45) is 0. The minimum Gasteiger partial charge on any atom is -0.490 e. The third-order valence-corrected chi connectivity index (χ3v) is 3.58. The van der Waals surface area contributed by atoms with E-state index < -0.39 is 10.9 Å². The summed E-state index contributed by atoms with van der Waals surface area (Å²) in [6, 6.07) is 1.74. The molecule has 0 aliphatic heterocycles. The van der Waals surface area contributed by atoms with Crippen molar-refractivity contribution >= 4 is 22.6 Å². The Balaban J connectivity index is 3.03. The molecule has 1 N–H and O–H groups in total. The summed E-state index contributed by atoms with van der Waals surface area (Å²) in [7, 11) is 2.62. The normalized spacial score (nSPS) is 11.0. The van der Waals surface area contributed by atoms with Crippen molar-refractivity contribution in [2.24, 2.45) is 0 Å². The Morgan fingerprint density at radius 2 is 2.00 bits per heavy atom. The number of aromatic nitrogens is 1. The van der Waals surface area contributed by atoms with Crippen molar-refractivity contribution in [1.29, 1.82) is 0 Å². The Morgan fingerprint density at radius 3 is 2.45 bits per heavy atom. The van der Waals surface area contributed by atoms with E-state index in [1.165, 1.54) is 14.2 Å². The summed E-state index contributed by atoms with van der Waals surface area (Å²) in [4.78, 5) is 26.3. The number of benzene rings is 1. The average molecular weight is 306 g/mol. The van der Waals surface area contributed by atoms with Crippen LogP contribution in [0.3, 0.4) is 0 Å². The van der Waals surface area contributed by atoms with E-state index >= 15 is 0 Å². The monoisotopic (exact) mass is 306 g/mol. The molecule has 0 spiro atoms. The molecule has 22 heavy (non-hydrogen) atoms. The highest BCUT2D eigenvalue weighted by molar-refractivity contribution is 6.10. The number of methoxy groups -OCH3 is 2. The summed E-state index contributed by atoms with van der Waals surface area (Å²) < 4.78 is 9.99. The second-order valence-electron chi connectivity index (χ2n) is 5.31. The molecule has 2 aromatic rings. The Labute approximate surface area is 127 Å². The summed E-state index contributed by atoms with van der Waals surface area (Å²) in [6.45, 7) is 5.51. The molecule has 1 aromatic heterocycles. The lowest BCUT2D eigenvalue weighted by Crippen LogP contribution is -2.06. The number of nitro benzene ring substituents is 1. The van der Waals surface area contributed by atoms with E-state index in [0.717, 1.165) is 0 Å². The van der Waals surface area contributed by atoms with Crippen molar-refractivity contribution in [2.75, 3.05) is 14.2 Å². The third kappa shape index (κ3) is 2.28. The van der Waals surface area contributed by atoms with Crippen LogP contribution < -0.4 is 4.74 Å². The number of nitro groups is 1. The van der Waals surface area contributed by atoms with Crippen molar-refractivity contribution in [1.82, 2.24) is 4.98 Å². The van der Waals surface area contributed by atoms with E-state index in [4.69, 9.17) is 9.47 Å². The number of nitrogens with one attached hydrogen (secondary N) is 1. The van der Waals surface area contributed by atoms with E-state index in [9.17, 15) is 14.9 Å². The number of esters is 1. The smallest absolute Gasteiger partial charge is 0.340 e. The molecule has 2 rings (SSSR count). The fraction of sp³-hybridized carbons (Fsp3) is 0.400. The van der Waals surface area contributed by atoms with Gasteiger partial charge in [0.25, 0.3) is 0 Å². The molecule has 0 aliphatic rings. The molecule has 118 valence electrons. The van der Waals surface area contributed by atoms with Crippen molar-refractivity contribution in [3.63, 3.8) is 0 Å². The molecule has 0 saturated heterocycles. The Hall–Kier alpha value is -2.57. The Morgan fingerprint density at radius 1 is 1.36 bits per heavy atom. The molecule has 7 heteroatoms. The van der Waals surface area contributed by atoms with E-state index in [2.05, 4.69) is 4.98 Å². The van der Waals surface area contributed by atoms with Gasteiger partial charge in [-0.15, -0.1) is 0 Å². The van der Waals surface area contributed by atoms with Gasteiger partial charge in [-0.1, -0.05) is 13.8 Å². The number of hydrogen-bond donors (Lipinski definition) is 1. The van der Waals surface area contributed by atoms with Gasteiger partial charge < -0.3 is 14.5 Å². The maximum Gasteiger partial charge on any atom is 0.340 e. The largest absolute Gasteiger partial charge is 0.490 e. The predicted molar refractivity (Wildman–Crippen MR) is 81.7 cm³/mol. The number of nitrogens with zero attached hydrogens (tertiary/aromatic N) is 1. The van der Waals surface area contributed by atoms with Crippen LogP contribution in [0.4, 0.5) is 5.69 Å². The first-order chi connectivity index (χ1) is 10.3. The second kappa shape index (κ2) is 5.67. The lowest BCUT2D eigenvalue weighted by molar-refractivity contribution is -0.384. The number of carbonyl (C=O) groups is 1. The van der Waals surface area contributed by atoms with Crippen molar-refractivity contribution in [3.8, 4) is 5.75 Å². The highest BCUT2D eigenvalue weighted by Gasteiger charge is 2.31. The molecule has 0 unspecified atom stereocenters. The van der Waals surface area contributed by atoms with Gasteiger partial charge in [0.05, 0.1) is 35.6 Å². The third-order valence-electron chi connectivity index (χ3n) is 3.58. The fourth-order valence-corrected chi connectivity index (χ4v) is 2.65. The van der Waals surface area contributed by atoms with Gasteiger partial charge in [-0.3, -0.25) is 10.1 Å². The molecule has 1 heterocycles. The number of H-pyrrole nitrogens is 1. The summed E-state index contributed by atoms with van der Waals surface area (Å²) >= 11 is 0. The molecule has 0 fully saturated rings. The van der Waals surface area contributed by atoms with Gasteiger partial charge in [0.2, 0.25) is 5.75 Å². The lowest BCUT2D eigenvalue weighted by Gasteiger charge is -2.08. The first-order valence-electron chi connectivity index (χ1n) is 6.79. The molecule has 1 aromatic carbocycles. The number of hydrogen-bond acceptors (Lipinski definition) is 5. The van der Waals surface area contributed by atoms with Crippen molar-refractivity contribution in [3.05, 3.63) is 33.0 Å². The number of aromatic amines is 1. The van der Waals surface area contributed by atoms with Crippen LogP contribution >= 0.6 is 0 Å². The molecule has 0 bridgehead atoms. The topological polar surface area (TPSA) is 94.5 Å². The van der Waals surface area contributed by atoms with Crippen molar-refractivity contribution < 1.29 is 19.2 Å². The first-order valence-corrected chi connectivity index (χ1v) is 6.79. The van der Waals surface area contributed by atoms with Crippen LogP contribution in [0.1, 0.15) is 41.4 Å². The summed E-state index contributed by atoms with van der Waals surface area (Å²) in [5.41, 5.74) is 1.72. The number of fused-ring (bicyclic) bond motifs is 1. The summed E-state index contributed by atoms with van der Waals surface area (Å²) in [5.74, 6) is -0.478. The number of carbonyl (C=O) groups excluding carboxylic acids is 1. The molecular weight excluding hydrogens is 288 g/mol. The van der Waals surface area contributed by atoms with Crippen LogP contribution in [0.25, 0.3) is 10.9 Å². The first kappa shape index (κ1) is 15.8. The highest BCUT2D eigenvalue weighted by Crippen LogP contribution is 2.42. The van der Waals surface area contributed by atoms with Crippen LogP contribution in [-0.2, 0) is 4.74 Å². The minimum absolute atomic E-state index is 0.0209. The van der Waals surface area contributed by atoms with E-state index in [-0.39, 0.29) is 28.3 Å². The molecule has 0 amide bonds. The minimum atomic E-state index is -0.607. The van der Waals surface area contributed by atoms with Gasteiger partial charge in [-0.25, -0.2) is 4.79 Å². The number of ether oxygens (including phenoxy) is 2. The zero-order chi connectivity index (χ0) is 16.6. The SMILES string of the molecule is COC(=O)c1c(C(C)C)[nH]c2cc(C)c(OC)c([N+](=O)[O-])c12. The van der Waals surface area contributed by atoms with E-state index in [1.807, 2.05) is 13.8 Å². The number of rotatable bonds is 4. The Kier molecular flexibility index (Phi) is 4.07. The molecule has 7 nitrogen and oxygen atoms in total. The Bertz CT molecular complexity index is 761. The molecule has 0 radical (unpaired) electrons. The molecular formula is C15H18N2O5. The zero-order valence-electron chi connectivity index (χ0n) is 13.1. The molecule has 0 atom stereocenters. The maximum absolute atomic E-state index is 12.2. The van der Waals surface area contributed by atoms with Gasteiger partial charge in [0, 0.05) is 11.3 Å². The fourth-order valence-electron chi connectivity index (χ4n) is 2.65. The van der Waals surface area contributed by atoms with Gasteiger partial charge in [0.1, 0.15) is 0 Å². The van der Waals surface area contributed by atoms with E-state index in [1.54, 1.807) is 13.0 Å². The van der Waals surface area contributed by atoms with Crippen LogP contribution in [0.2, 0.25) is 0 Å². The highest BCUT2D eigenvalue weighted by atomic mass is 16.6. The zero-order valence-corrected chi connectivity index (χ0v) is 13.1. The van der Waals surface area contributed by atoms with E-state index in [0.29, 0.717) is 16.8 Å². The number of aryl methyl sites for hydroxylation is 1. The standard InChI is InChI=1S/C15H18N2O5/c1-7(2)12-11(15(18)22-5)10-9(16-12)6-8(3)14(21-4)13(10)17(19)20/h6-7,16H,1-5H3. The predicted octanol–water partition coefficient (Wildman–Crippen LogP) is 3.30. The lowest BCUT2D eigenvalue weighted by atomic mass is 10.0. The second-order valence-corrected chi connectivity index (χ2v) is 5.31. The van der Waals surface area contributed by atoms with Crippen molar-refractivity contribution in [2.45, 2.75) is 26.7 Å². The maximum atomic E-state index is 12.2.